The molecule has 0 spiro atoms. The lowest BCUT2D eigenvalue weighted by molar-refractivity contribution is -0.124. The van der Waals surface area contributed by atoms with Crippen molar-refractivity contribution in [3.05, 3.63) is 24.2 Å². The minimum absolute atomic E-state index is 0.127. The van der Waals surface area contributed by atoms with Gasteiger partial charge < -0.3 is 15.5 Å². The van der Waals surface area contributed by atoms with Crippen molar-refractivity contribution in [3.63, 3.8) is 0 Å². The molecule has 0 aliphatic carbocycles. The van der Waals surface area contributed by atoms with Crippen LogP contribution < -0.4 is 11.1 Å². The average Bonchev–Trinajstić information content (AvgIpc) is 2.80. The Hall–Kier alpha value is -1.29. The first kappa shape index (κ1) is 12.8. The molecule has 1 amide bonds. The van der Waals surface area contributed by atoms with Crippen molar-refractivity contribution in [2.45, 2.75) is 39.3 Å². The molecule has 0 bridgehead atoms. The number of amides is 1. The monoisotopic (exact) mass is 224 g/mol. The highest BCUT2D eigenvalue weighted by Gasteiger charge is 2.21. The highest BCUT2D eigenvalue weighted by molar-refractivity contribution is 5.82. The third-order valence-electron chi connectivity index (χ3n) is 2.89. The zero-order valence-corrected chi connectivity index (χ0v) is 10.1. The molecule has 1 rings (SSSR count). The molecule has 1 heterocycles. The van der Waals surface area contributed by atoms with Crippen LogP contribution in [0.1, 0.15) is 39.0 Å². The van der Waals surface area contributed by atoms with E-state index in [4.69, 9.17) is 10.2 Å². The van der Waals surface area contributed by atoms with Crippen molar-refractivity contribution in [2.75, 3.05) is 0 Å². The lowest BCUT2D eigenvalue weighted by Crippen LogP contribution is -2.45. The second-order valence-electron chi connectivity index (χ2n) is 4.16. The second-order valence-corrected chi connectivity index (χ2v) is 4.16. The quantitative estimate of drug-likeness (QED) is 0.801. The first-order valence-corrected chi connectivity index (χ1v) is 5.65. The summed E-state index contributed by atoms with van der Waals surface area (Å²) in [7, 11) is 0. The summed E-state index contributed by atoms with van der Waals surface area (Å²) in [6, 6.07) is 3.03. The van der Waals surface area contributed by atoms with E-state index in [0.717, 1.165) is 12.2 Å². The highest BCUT2D eigenvalue weighted by Crippen LogP contribution is 2.13. The molecule has 4 nitrogen and oxygen atoms in total. The summed E-state index contributed by atoms with van der Waals surface area (Å²) in [6.45, 7) is 5.87. The van der Waals surface area contributed by atoms with Crippen molar-refractivity contribution in [1.82, 2.24) is 5.32 Å². The maximum Gasteiger partial charge on any atom is 0.237 e. The number of carbonyl (C=O) groups excluding carboxylic acids is 1. The topological polar surface area (TPSA) is 68.3 Å². The predicted octanol–water partition coefficient (Wildman–Crippen LogP) is 1.83. The number of furan rings is 1. The molecule has 3 atom stereocenters. The zero-order chi connectivity index (χ0) is 12.1. The van der Waals surface area contributed by atoms with Crippen molar-refractivity contribution < 1.29 is 9.21 Å². The minimum atomic E-state index is -0.456. The third kappa shape index (κ3) is 3.10. The lowest BCUT2D eigenvalue weighted by atomic mass is 9.99. The number of nitrogens with two attached hydrogens (primary N) is 1. The van der Waals surface area contributed by atoms with Crippen LogP contribution in [0.25, 0.3) is 0 Å². The zero-order valence-electron chi connectivity index (χ0n) is 10.1. The van der Waals surface area contributed by atoms with Crippen molar-refractivity contribution in [2.24, 2.45) is 11.7 Å². The summed E-state index contributed by atoms with van der Waals surface area (Å²) < 4.78 is 5.21. The van der Waals surface area contributed by atoms with Crippen LogP contribution in [0.2, 0.25) is 0 Å². The van der Waals surface area contributed by atoms with Crippen LogP contribution >= 0.6 is 0 Å². The standard InChI is InChI=1S/C12H20N2O2/c1-4-8(2)11(13)12(15)14-9(3)10-6-5-7-16-10/h5-9,11H,4,13H2,1-3H3,(H,14,15)/t8-,9-,11-/m0/s1. The van der Waals surface area contributed by atoms with Crippen molar-refractivity contribution in [1.29, 1.82) is 0 Å². The first-order valence-electron chi connectivity index (χ1n) is 5.65. The molecular weight excluding hydrogens is 204 g/mol. The van der Waals surface area contributed by atoms with Gasteiger partial charge in [0.05, 0.1) is 18.3 Å². The van der Waals surface area contributed by atoms with Crippen LogP contribution in [0.3, 0.4) is 0 Å². The van der Waals surface area contributed by atoms with Gasteiger partial charge in [-0.25, -0.2) is 0 Å². The van der Waals surface area contributed by atoms with E-state index in [1.165, 1.54) is 0 Å². The fourth-order valence-electron chi connectivity index (χ4n) is 1.43. The van der Waals surface area contributed by atoms with Gasteiger partial charge in [-0.1, -0.05) is 20.3 Å². The maximum absolute atomic E-state index is 11.8. The van der Waals surface area contributed by atoms with E-state index in [-0.39, 0.29) is 17.9 Å². The van der Waals surface area contributed by atoms with E-state index in [0.29, 0.717) is 0 Å². The molecule has 90 valence electrons. The Bertz CT molecular complexity index is 322. The van der Waals surface area contributed by atoms with Crippen LogP contribution in [0.4, 0.5) is 0 Å². The molecule has 0 aliphatic rings. The largest absolute Gasteiger partial charge is 0.467 e. The third-order valence-corrected chi connectivity index (χ3v) is 2.89. The summed E-state index contributed by atoms with van der Waals surface area (Å²) in [4.78, 5) is 11.8. The molecule has 16 heavy (non-hydrogen) atoms. The van der Waals surface area contributed by atoms with Gasteiger partial charge in [0.2, 0.25) is 5.91 Å². The molecule has 0 unspecified atom stereocenters. The van der Waals surface area contributed by atoms with Gasteiger partial charge in [0.25, 0.3) is 0 Å². The van der Waals surface area contributed by atoms with E-state index in [1.807, 2.05) is 26.8 Å². The molecule has 0 aromatic carbocycles. The van der Waals surface area contributed by atoms with Gasteiger partial charge in [-0.3, -0.25) is 4.79 Å². The van der Waals surface area contributed by atoms with Gasteiger partial charge in [-0.05, 0) is 25.0 Å². The molecule has 0 saturated heterocycles. The molecule has 3 N–H and O–H groups in total. The molecule has 0 saturated carbocycles. The first-order chi connectivity index (χ1) is 7.56. The average molecular weight is 224 g/mol. The number of hydrogen-bond acceptors (Lipinski definition) is 3. The smallest absolute Gasteiger partial charge is 0.237 e. The van der Waals surface area contributed by atoms with Gasteiger partial charge >= 0.3 is 0 Å². The number of rotatable bonds is 5. The van der Waals surface area contributed by atoms with Gasteiger partial charge in [0.1, 0.15) is 5.76 Å². The van der Waals surface area contributed by atoms with E-state index in [2.05, 4.69) is 5.32 Å². The van der Waals surface area contributed by atoms with Crippen LogP contribution in [0.5, 0.6) is 0 Å². The predicted molar refractivity (Wildman–Crippen MR) is 62.7 cm³/mol. The Labute approximate surface area is 96.2 Å². The van der Waals surface area contributed by atoms with Crippen LogP contribution in [-0.4, -0.2) is 11.9 Å². The summed E-state index contributed by atoms with van der Waals surface area (Å²) in [5.41, 5.74) is 5.83. The number of nitrogens with one attached hydrogen (secondary N) is 1. The van der Waals surface area contributed by atoms with Gasteiger partial charge in [-0.15, -0.1) is 0 Å². The Morgan fingerprint density at radius 3 is 2.75 bits per heavy atom. The molecule has 1 aromatic heterocycles. The van der Waals surface area contributed by atoms with Crippen molar-refractivity contribution >= 4 is 5.91 Å². The van der Waals surface area contributed by atoms with Gasteiger partial charge in [0.15, 0.2) is 0 Å². The molecule has 0 radical (unpaired) electrons. The molecule has 4 heteroatoms. The SMILES string of the molecule is CC[C@H](C)[C@H](N)C(=O)N[C@@H](C)c1ccco1. The van der Waals surface area contributed by atoms with Crippen LogP contribution in [0, 0.1) is 5.92 Å². The van der Waals surface area contributed by atoms with E-state index in [9.17, 15) is 4.79 Å². The summed E-state index contributed by atoms with van der Waals surface area (Å²) in [5, 5.41) is 2.84. The lowest BCUT2D eigenvalue weighted by Gasteiger charge is -2.20. The molecular formula is C12H20N2O2. The Morgan fingerprint density at radius 1 is 1.56 bits per heavy atom. The molecule has 0 aliphatic heterocycles. The number of carbonyl (C=O) groups is 1. The molecule has 0 fully saturated rings. The maximum atomic E-state index is 11.8. The Morgan fingerprint density at radius 2 is 2.25 bits per heavy atom. The van der Waals surface area contributed by atoms with Gasteiger partial charge in [-0.2, -0.15) is 0 Å². The van der Waals surface area contributed by atoms with Crippen LogP contribution in [0.15, 0.2) is 22.8 Å². The summed E-state index contributed by atoms with van der Waals surface area (Å²) >= 11 is 0. The minimum Gasteiger partial charge on any atom is -0.467 e. The normalized spacial score (nSPS) is 16.5. The molecule has 1 aromatic rings. The van der Waals surface area contributed by atoms with Crippen LogP contribution in [-0.2, 0) is 4.79 Å². The van der Waals surface area contributed by atoms with Gasteiger partial charge in [0, 0.05) is 0 Å². The summed E-state index contributed by atoms with van der Waals surface area (Å²) in [6.07, 6.45) is 2.48. The summed E-state index contributed by atoms with van der Waals surface area (Å²) in [5.74, 6) is 0.798. The fraction of sp³-hybridized carbons (Fsp3) is 0.583. The fourth-order valence-corrected chi connectivity index (χ4v) is 1.43. The van der Waals surface area contributed by atoms with E-state index < -0.39 is 6.04 Å². The van der Waals surface area contributed by atoms with E-state index in [1.54, 1.807) is 12.3 Å². The Kier molecular flexibility index (Phi) is 4.55. The highest BCUT2D eigenvalue weighted by atomic mass is 16.3. The Balaban J connectivity index is 2.51. The second kappa shape index (κ2) is 5.70. The van der Waals surface area contributed by atoms with Crippen molar-refractivity contribution in [3.8, 4) is 0 Å². The number of hydrogen-bond donors (Lipinski definition) is 2. The van der Waals surface area contributed by atoms with E-state index >= 15 is 0 Å².